The maximum atomic E-state index is 12.9. The van der Waals surface area contributed by atoms with Gasteiger partial charge in [-0.2, -0.15) is 0 Å². The number of amides is 1. The molecule has 2 atom stereocenters. The Labute approximate surface area is 162 Å². The van der Waals surface area contributed by atoms with E-state index in [4.69, 9.17) is 0 Å². The molecule has 0 saturated carbocycles. The van der Waals surface area contributed by atoms with E-state index in [0.717, 1.165) is 35.1 Å². The van der Waals surface area contributed by atoms with Gasteiger partial charge in [-0.05, 0) is 39.5 Å². The van der Waals surface area contributed by atoms with Crippen LogP contribution in [0.5, 0.6) is 0 Å². The lowest BCUT2D eigenvalue weighted by Gasteiger charge is -2.32. The van der Waals surface area contributed by atoms with E-state index in [0.29, 0.717) is 13.0 Å². The van der Waals surface area contributed by atoms with E-state index in [1.165, 1.54) is 0 Å². The lowest BCUT2D eigenvalue weighted by Crippen LogP contribution is -2.39. The molecule has 3 rings (SSSR count). The number of halogens is 1. The molecule has 1 N–H and O–H groups in total. The van der Waals surface area contributed by atoms with Crippen LogP contribution in [0.3, 0.4) is 0 Å². The number of likely N-dealkylation sites (N-methyl/N-ethyl adjacent to an activating group) is 1. The van der Waals surface area contributed by atoms with E-state index in [-0.39, 0.29) is 18.1 Å². The third kappa shape index (κ3) is 4.90. The van der Waals surface area contributed by atoms with Gasteiger partial charge in [0.15, 0.2) is 0 Å². The molecule has 1 amide bonds. The number of carbonyl (C=O) groups is 1. The molecule has 1 aromatic carbocycles. The van der Waals surface area contributed by atoms with Gasteiger partial charge in [-0.15, -0.1) is 0 Å². The van der Waals surface area contributed by atoms with Crippen molar-refractivity contribution in [3.63, 3.8) is 0 Å². The number of aliphatic hydroxyl groups is 1. The Morgan fingerprint density at radius 1 is 1.38 bits per heavy atom. The number of β-amino-alcohol motifs (C(OH)–C–C–N with tert-alkyl or cyclic N) is 1. The summed E-state index contributed by atoms with van der Waals surface area (Å²) in [5.74, 6) is 0.0542. The zero-order valence-electron chi connectivity index (χ0n) is 14.9. The Morgan fingerprint density at radius 3 is 2.81 bits per heavy atom. The van der Waals surface area contributed by atoms with Crippen LogP contribution >= 0.6 is 15.9 Å². The van der Waals surface area contributed by atoms with Gasteiger partial charge in [0.25, 0.3) is 0 Å². The minimum atomic E-state index is -0.264. The van der Waals surface area contributed by atoms with Crippen molar-refractivity contribution < 1.29 is 9.90 Å². The highest BCUT2D eigenvalue weighted by Crippen LogP contribution is 2.24. The molecule has 5 nitrogen and oxygen atoms in total. The van der Waals surface area contributed by atoms with E-state index in [1.54, 1.807) is 12.4 Å². The Bertz CT molecular complexity index is 741. The number of aliphatic hydroxyl groups excluding tert-OH is 1. The van der Waals surface area contributed by atoms with E-state index in [1.807, 2.05) is 36.2 Å². The van der Waals surface area contributed by atoms with Crippen LogP contribution in [0.2, 0.25) is 0 Å². The van der Waals surface area contributed by atoms with Crippen LogP contribution in [0.1, 0.15) is 23.6 Å². The van der Waals surface area contributed by atoms with Gasteiger partial charge in [-0.25, -0.2) is 0 Å². The molecule has 0 spiro atoms. The molecular weight excluding hydrogens is 394 g/mol. The van der Waals surface area contributed by atoms with Crippen molar-refractivity contribution in [1.29, 1.82) is 0 Å². The molecule has 1 aliphatic rings. The first kappa shape index (κ1) is 19.0. The second-order valence-electron chi connectivity index (χ2n) is 6.82. The molecule has 1 saturated heterocycles. The van der Waals surface area contributed by atoms with Crippen LogP contribution in [0.25, 0.3) is 0 Å². The van der Waals surface area contributed by atoms with Crippen LogP contribution in [-0.2, 0) is 11.2 Å². The Hall–Kier alpha value is -1.76. The summed E-state index contributed by atoms with van der Waals surface area (Å²) in [4.78, 5) is 21.1. The van der Waals surface area contributed by atoms with Crippen LogP contribution in [0, 0.1) is 0 Å². The highest BCUT2D eigenvalue weighted by Gasteiger charge is 2.28. The van der Waals surface area contributed by atoms with Crippen LogP contribution in [0.4, 0.5) is 0 Å². The molecule has 2 unspecified atom stereocenters. The van der Waals surface area contributed by atoms with Crippen molar-refractivity contribution >= 4 is 21.8 Å². The first-order valence-electron chi connectivity index (χ1n) is 8.83. The molecule has 1 fully saturated rings. The SMILES string of the molecule is CN(C(=O)Cc1cncc(Br)c1)C(CN1CCC(O)C1)c1ccccc1. The van der Waals surface area contributed by atoms with Gasteiger partial charge < -0.3 is 10.0 Å². The average Bonchev–Trinajstić information content (AvgIpc) is 3.05. The van der Waals surface area contributed by atoms with Gasteiger partial charge in [0, 0.05) is 43.5 Å². The molecular formula is C20H24BrN3O2. The summed E-state index contributed by atoms with van der Waals surface area (Å²) in [6.45, 7) is 2.25. The molecule has 1 aliphatic heterocycles. The van der Waals surface area contributed by atoms with E-state index in [2.05, 4.69) is 37.9 Å². The third-order valence-electron chi connectivity index (χ3n) is 4.84. The van der Waals surface area contributed by atoms with Gasteiger partial charge in [0.2, 0.25) is 5.91 Å². The van der Waals surface area contributed by atoms with Crippen molar-refractivity contribution in [2.45, 2.75) is 25.0 Å². The second-order valence-corrected chi connectivity index (χ2v) is 7.74. The zero-order valence-corrected chi connectivity index (χ0v) is 16.5. The van der Waals surface area contributed by atoms with Gasteiger partial charge >= 0.3 is 0 Å². The third-order valence-corrected chi connectivity index (χ3v) is 5.27. The lowest BCUT2D eigenvalue weighted by molar-refractivity contribution is -0.131. The number of hydrogen-bond acceptors (Lipinski definition) is 4. The second kappa shape index (κ2) is 8.75. The maximum absolute atomic E-state index is 12.9. The highest BCUT2D eigenvalue weighted by molar-refractivity contribution is 9.10. The zero-order chi connectivity index (χ0) is 18.5. The molecule has 6 heteroatoms. The standard InChI is InChI=1S/C20H24BrN3O2/c1-23(20(26)10-15-9-17(21)12-22-11-15)19(16-5-3-2-4-6-16)14-24-8-7-18(25)13-24/h2-6,9,11-12,18-19,25H,7-8,10,13-14H2,1H3. The van der Waals surface area contributed by atoms with Crippen molar-refractivity contribution in [3.8, 4) is 0 Å². The Balaban J connectivity index is 1.75. The molecule has 1 aromatic heterocycles. The fraction of sp³-hybridized carbons (Fsp3) is 0.400. The summed E-state index contributed by atoms with van der Waals surface area (Å²) < 4.78 is 0.871. The predicted octanol–water partition coefficient (Wildman–Crippen LogP) is 2.65. The van der Waals surface area contributed by atoms with E-state index in [9.17, 15) is 9.90 Å². The fourth-order valence-corrected chi connectivity index (χ4v) is 3.79. The number of carbonyl (C=O) groups excluding carboxylic acids is 1. The van der Waals surface area contributed by atoms with Gasteiger partial charge in [-0.3, -0.25) is 14.7 Å². The summed E-state index contributed by atoms with van der Waals surface area (Å²) >= 11 is 3.40. The van der Waals surface area contributed by atoms with Crippen LogP contribution < -0.4 is 0 Å². The number of nitrogens with zero attached hydrogens (tertiary/aromatic N) is 3. The molecule has 138 valence electrons. The summed E-state index contributed by atoms with van der Waals surface area (Å²) in [6.07, 6.45) is 4.28. The number of pyridine rings is 1. The van der Waals surface area contributed by atoms with Gasteiger partial charge in [0.05, 0.1) is 18.6 Å². The Kier molecular flexibility index (Phi) is 6.40. The average molecular weight is 418 g/mol. The van der Waals surface area contributed by atoms with Crippen LogP contribution in [0.15, 0.2) is 53.3 Å². The molecule has 26 heavy (non-hydrogen) atoms. The number of likely N-dealkylation sites (tertiary alicyclic amines) is 1. The minimum absolute atomic E-state index is 0.0471. The predicted molar refractivity (Wildman–Crippen MR) is 105 cm³/mol. The van der Waals surface area contributed by atoms with Crippen molar-refractivity contribution in [1.82, 2.24) is 14.8 Å². The summed E-state index contributed by atoms with van der Waals surface area (Å²) in [6, 6.07) is 12.0. The highest BCUT2D eigenvalue weighted by atomic mass is 79.9. The van der Waals surface area contributed by atoms with E-state index >= 15 is 0 Å². The topological polar surface area (TPSA) is 56.7 Å². The molecule has 2 heterocycles. The number of hydrogen-bond donors (Lipinski definition) is 1. The number of rotatable bonds is 6. The van der Waals surface area contributed by atoms with Crippen molar-refractivity contribution in [2.75, 3.05) is 26.7 Å². The first-order valence-corrected chi connectivity index (χ1v) is 9.62. The fourth-order valence-electron chi connectivity index (χ4n) is 3.37. The smallest absolute Gasteiger partial charge is 0.227 e. The lowest BCUT2D eigenvalue weighted by atomic mass is 10.0. The monoisotopic (exact) mass is 417 g/mol. The van der Waals surface area contributed by atoms with Gasteiger partial charge in [0.1, 0.15) is 0 Å². The maximum Gasteiger partial charge on any atom is 0.227 e. The molecule has 0 aliphatic carbocycles. The first-order chi connectivity index (χ1) is 12.5. The minimum Gasteiger partial charge on any atom is -0.392 e. The largest absolute Gasteiger partial charge is 0.392 e. The van der Waals surface area contributed by atoms with Crippen LogP contribution in [-0.4, -0.2) is 58.6 Å². The number of aromatic nitrogens is 1. The van der Waals surface area contributed by atoms with Gasteiger partial charge in [-0.1, -0.05) is 30.3 Å². The summed E-state index contributed by atoms with van der Waals surface area (Å²) in [5.41, 5.74) is 2.00. The molecule has 0 bridgehead atoms. The van der Waals surface area contributed by atoms with E-state index < -0.39 is 0 Å². The van der Waals surface area contributed by atoms with Crippen molar-refractivity contribution in [2.24, 2.45) is 0 Å². The van der Waals surface area contributed by atoms with Crippen molar-refractivity contribution in [3.05, 3.63) is 64.4 Å². The summed E-state index contributed by atoms with van der Waals surface area (Å²) in [7, 11) is 1.86. The summed E-state index contributed by atoms with van der Waals surface area (Å²) in [5, 5.41) is 9.82. The molecule has 2 aromatic rings. The quantitative estimate of drug-likeness (QED) is 0.784. The number of benzene rings is 1. The Morgan fingerprint density at radius 2 is 2.15 bits per heavy atom. The molecule has 0 radical (unpaired) electrons. The normalized spacial score (nSPS) is 18.7.